The summed E-state index contributed by atoms with van der Waals surface area (Å²) in [5.74, 6) is 3.10. The zero-order valence-electron chi connectivity index (χ0n) is 32.7. The molecule has 8 rings (SSSR count). The van der Waals surface area contributed by atoms with Gasteiger partial charge in [-0.1, -0.05) is 73.2 Å². The predicted molar refractivity (Wildman–Crippen MR) is 210 cm³/mol. The average Bonchev–Trinajstić information content (AvgIpc) is 3.55. The van der Waals surface area contributed by atoms with Gasteiger partial charge in [-0.3, -0.25) is 0 Å². The van der Waals surface area contributed by atoms with E-state index >= 15 is 0 Å². The third kappa shape index (κ3) is 14.5. The molecule has 2 heterocycles. The van der Waals surface area contributed by atoms with Gasteiger partial charge in [-0.25, -0.2) is 0 Å². The van der Waals surface area contributed by atoms with Crippen LogP contribution >= 0.6 is 0 Å². The number of rotatable bonds is 4. The van der Waals surface area contributed by atoms with Gasteiger partial charge in [0.25, 0.3) is 0 Å². The minimum atomic E-state index is 0. The van der Waals surface area contributed by atoms with Gasteiger partial charge < -0.3 is 41.0 Å². The van der Waals surface area contributed by atoms with Gasteiger partial charge in [-0.05, 0) is 95.3 Å². The summed E-state index contributed by atoms with van der Waals surface area (Å²) in [6, 6.07) is 24.6. The van der Waals surface area contributed by atoms with Crippen molar-refractivity contribution in [1.29, 1.82) is 0 Å². The number of hydrogen-bond acceptors (Lipinski definition) is 4. The minimum Gasteiger partial charge on any atom is -0.698 e. The fraction of sp³-hybridized carbons (Fsp3) is 0.302. The fourth-order valence-electron chi connectivity index (χ4n) is 6.58. The first-order chi connectivity index (χ1) is 24.8. The van der Waals surface area contributed by atoms with Gasteiger partial charge in [0.15, 0.2) is 23.0 Å². The Kier molecular flexibility index (Phi) is 26.5. The molecule has 2 aliphatic carbocycles. The van der Waals surface area contributed by atoms with Crippen LogP contribution in [0.3, 0.4) is 0 Å². The summed E-state index contributed by atoms with van der Waals surface area (Å²) in [7, 11) is 6.61. The van der Waals surface area contributed by atoms with E-state index in [0.717, 1.165) is 90.6 Å². The molecular weight excluding hydrogens is 1540 g/mol. The predicted octanol–water partition coefficient (Wildman–Crippen LogP) is 11.0. The SMILES string of the molecule is C=C1[N-]CCc2cc(OC)c(OC)cc21.COc1cc2c(cc1OC)[C@@H](C)[N-]CC2.[Ac].[Ac].[Ac].[Ac].[NH-]C1=CCCc2ccccc21.[NH-]C1=CCc2ccccc21. The number of hydrogen-bond donors (Lipinski definition) is 0. The van der Waals surface area contributed by atoms with Gasteiger partial charge in [0.1, 0.15) is 0 Å². The van der Waals surface area contributed by atoms with Crippen molar-refractivity contribution in [3.63, 3.8) is 0 Å². The number of benzene rings is 4. The van der Waals surface area contributed by atoms with Crippen LogP contribution in [0.1, 0.15) is 63.9 Å². The molecule has 4 aromatic rings. The summed E-state index contributed by atoms with van der Waals surface area (Å²) in [6.45, 7) is 7.75. The summed E-state index contributed by atoms with van der Waals surface area (Å²) >= 11 is 0. The van der Waals surface area contributed by atoms with Crippen molar-refractivity contribution < 1.29 is 195 Å². The Morgan fingerprint density at radius 3 is 1.69 bits per heavy atom. The topological polar surface area (TPSA) is 113 Å². The molecule has 8 nitrogen and oxygen atoms in total. The fourth-order valence-corrected chi connectivity index (χ4v) is 6.58. The second-order valence-electron chi connectivity index (χ2n) is 12.5. The van der Waals surface area contributed by atoms with Crippen LogP contribution in [-0.4, -0.2) is 41.5 Å². The third-order valence-corrected chi connectivity index (χ3v) is 9.39. The molecule has 55 heavy (non-hydrogen) atoms. The summed E-state index contributed by atoms with van der Waals surface area (Å²) in [5, 5.41) is 8.82. The first-order valence-corrected chi connectivity index (χ1v) is 17.3. The van der Waals surface area contributed by atoms with E-state index < -0.39 is 0 Å². The van der Waals surface area contributed by atoms with Crippen LogP contribution in [0.5, 0.6) is 23.0 Å². The number of allylic oxidation sites excluding steroid dienone is 2. The number of aryl methyl sites for hydroxylation is 1. The zero-order chi connectivity index (χ0) is 36.3. The van der Waals surface area contributed by atoms with Crippen LogP contribution in [0.25, 0.3) is 39.2 Å². The van der Waals surface area contributed by atoms with E-state index in [2.05, 4.69) is 42.3 Å². The standard InChI is InChI=1S/C12H16NO2.C12H14NO2.C10H10N.C9H8N.4Ac/c2*1-8-10-7-12(15-3)11(14-2)6-9(10)4-5-13-8;11-10-7-3-5-8-4-1-2-6-9(8)10;10-9-6-5-7-3-1-2-4-8(7)9;;;;/h6-8H,4-5H2,1-3H3;6-7H,1,4-5H2,2-3H3;1-2,4,6-7,11H,3,5H2;1-4,6,10H,5H2;;;;/q4*-1;;;;/t8-;;;;;;;/m1......./s1. The van der Waals surface area contributed by atoms with Crippen LogP contribution < -0.4 is 18.9 Å². The zero-order valence-corrected chi connectivity index (χ0v) is 51.6. The van der Waals surface area contributed by atoms with Crippen LogP contribution in [0, 0.1) is 176 Å². The number of nitrogens with zero attached hydrogens (tertiary/aromatic N) is 2. The van der Waals surface area contributed by atoms with Gasteiger partial charge in [0.2, 0.25) is 0 Å². The Bertz CT molecular complexity index is 1920. The average molecular weight is 1590 g/mol. The smallest absolute Gasteiger partial charge is 0.161 e. The molecule has 4 aliphatic rings. The third-order valence-electron chi connectivity index (χ3n) is 9.39. The van der Waals surface area contributed by atoms with Crippen molar-refractivity contribution in [2.75, 3.05) is 41.5 Å². The second-order valence-corrected chi connectivity index (χ2v) is 12.5. The molecule has 0 spiro atoms. The van der Waals surface area contributed by atoms with E-state index in [-0.39, 0.29) is 182 Å². The van der Waals surface area contributed by atoms with E-state index in [4.69, 9.17) is 30.4 Å². The first-order valence-electron chi connectivity index (χ1n) is 17.3. The molecule has 0 amide bonds. The Morgan fingerprint density at radius 2 is 1.09 bits per heavy atom. The summed E-state index contributed by atoms with van der Waals surface area (Å²) in [4.78, 5) is 0. The molecule has 4 radical (unpaired) electrons. The maximum absolute atomic E-state index is 7.61. The van der Waals surface area contributed by atoms with Gasteiger partial charge in [-0.2, -0.15) is 0 Å². The van der Waals surface area contributed by atoms with Crippen LogP contribution in [-0.2, 0) is 25.7 Å². The van der Waals surface area contributed by atoms with Crippen molar-refractivity contribution in [1.82, 2.24) is 0 Å². The van der Waals surface area contributed by atoms with Crippen molar-refractivity contribution >= 4 is 17.1 Å². The molecule has 0 fully saturated rings. The molecule has 2 N–H and O–H groups in total. The van der Waals surface area contributed by atoms with E-state index in [1.54, 1.807) is 28.4 Å². The minimum absolute atomic E-state index is 0. The van der Waals surface area contributed by atoms with E-state index in [1.165, 1.54) is 27.8 Å². The maximum atomic E-state index is 7.61. The molecule has 280 valence electrons. The largest absolute Gasteiger partial charge is 0.698 e. The number of nitrogens with one attached hydrogen (secondary N) is 2. The summed E-state index contributed by atoms with van der Waals surface area (Å²) in [5.41, 5.74) is 27.0. The molecule has 0 bridgehead atoms. The van der Waals surface area contributed by atoms with Crippen LogP contribution in [0.2, 0.25) is 0 Å². The second kappa shape index (κ2) is 27.3. The van der Waals surface area contributed by atoms with Crippen LogP contribution in [0.4, 0.5) is 0 Å². The van der Waals surface area contributed by atoms with E-state index in [9.17, 15) is 0 Å². The maximum Gasteiger partial charge on any atom is 0.161 e. The molecule has 12 heteroatoms. The van der Waals surface area contributed by atoms with Crippen molar-refractivity contribution in [3.05, 3.63) is 158 Å². The molecule has 0 saturated heterocycles. The Balaban J connectivity index is 0.000000362. The number of methoxy groups -OCH3 is 4. The Labute approximate surface area is 471 Å². The monoisotopic (exact) mass is 1590 g/mol. The molecule has 2 aliphatic heterocycles. The summed E-state index contributed by atoms with van der Waals surface area (Å²) < 4.78 is 21.1. The van der Waals surface area contributed by atoms with Gasteiger partial charge >= 0.3 is 0 Å². The van der Waals surface area contributed by atoms with E-state index in [0.29, 0.717) is 11.4 Å². The molecule has 0 saturated carbocycles. The van der Waals surface area contributed by atoms with Crippen molar-refractivity contribution in [3.8, 4) is 23.0 Å². The molecule has 0 aromatic heterocycles. The van der Waals surface area contributed by atoms with Crippen molar-refractivity contribution in [2.24, 2.45) is 0 Å². The van der Waals surface area contributed by atoms with Gasteiger partial charge in [0.05, 0.1) is 28.4 Å². The van der Waals surface area contributed by atoms with Crippen LogP contribution in [0.15, 0.2) is 91.5 Å². The first kappa shape index (κ1) is 53.4. The van der Waals surface area contributed by atoms with E-state index in [1.807, 2.05) is 66.7 Å². The Morgan fingerprint density at radius 1 is 0.582 bits per heavy atom. The normalized spacial score (nSPS) is 14.9. The quantitative estimate of drug-likeness (QED) is 0.203. The molecule has 0 unspecified atom stereocenters. The van der Waals surface area contributed by atoms with Gasteiger partial charge in [-0.15, -0.1) is 42.8 Å². The van der Waals surface area contributed by atoms with Gasteiger partial charge in [0, 0.05) is 176 Å². The molecular formula is C43H48Ac4N4O4-4. The molecule has 1 atom stereocenters. The molecule has 4 aromatic carbocycles. The Hall–Kier alpha value is 0.426. The number of ether oxygens (including phenoxy) is 4. The summed E-state index contributed by atoms with van der Waals surface area (Å²) in [6.07, 6.45) is 8.94. The van der Waals surface area contributed by atoms with Crippen molar-refractivity contribution in [2.45, 2.75) is 45.1 Å². The number of fused-ring (bicyclic) bond motifs is 4.